The van der Waals surface area contributed by atoms with Gasteiger partial charge in [-0.2, -0.15) is 11.8 Å². The zero-order valence-electron chi connectivity index (χ0n) is 9.31. The Bertz CT molecular complexity index is 194. The molecule has 0 aromatic carbocycles. The van der Waals surface area contributed by atoms with Crippen LogP contribution in [0.25, 0.3) is 0 Å². The average Bonchev–Trinajstić information content (AvgIpc) is 2.29. The summed E-state index contributed by atoms with van der Waals surface area (Å²) in [5.41, 5.74) is 0. The minimum Gasteiger partial charge on any atom is -0.387 e. The summed E-state index contributed by atoms with van der Waals surface area (Å²) < 4.78 is 0. The van der Waals surface area contributed by atoms with Crippen molar-refractivity contribution in [3.63, 3.8) is 0 Å². The number of carbonyl (C=O) groups excluding carboxylic acids is 1. The van der Waals surface area contributed by atoms with Crippen molar-refractivity contribution in [3.8, 4) is 0 Å². The Labute approximate surface area is 95.6 Å². The summed E-state index contributed by atoms with van der Waals surface area (Å²) in [7, 11) is 0. The molecule has 1 rings (SSSR count). The Morgan fingerprint density at radius 3 is 2.53 bits per heavy atom. The van der Waals surface area contributed by atoms with Crippen molar-refractivity contribution in [2.24, 2.45) is 0 Å². The Balaban J connectivity index is 2.15. The van der Waals surface area contributed by atoms with Gasteiger partial charge in [-0.15, -0.1) is 0 Å². The minimum atomic E-state index is -0.355. The third-order valence-corrected chi connectivity index (χ3v) is 3.38. The molecule has 1 N–H and O–H groups in total. The normalized spacial score (nSPS) is 18.1. The maximum absolute atomic E-state index is 11.2. The van der Waals surface area contributed by atoms with E-state index in [0.29, 0.717) is 0 Å². The fourth-order valence-electron chi connectivity index (χ4n) is 1.75. The van der Waals surface area contributed by atoms with Gasteiger partial charge in [-0.25, -0.2) is 0 Å². The maximum atomic E-state index is 11.2. The van der Waals surface area contributed by atoms with Gasteiger partial charge in [0.05, 0.1) is 0 Å². The lowest BCUT2D eigenvalue weighted by atomic mass is 10.3. The molecule has 0 saturated carbocycles. The van der Waals surface area contributed by atoms with Gasteiger partial charge in [-0.3, -0.25) is 9.69 Å². The molecule has 0 aromatic heterocycles. The van der Waals surface area contributed by atoms with E-state index in [2.05, 4.69) is 11.2 Å². The van der Waals surface area contributed by atoms with Gasteiger partial charge in [-0.05, 0) is 25.0 Å². The second-order valence-electron chi connectivity index (χ2n) is 3.73. The Morgan fingerprint density at radius 1 is 1.33 bits per heavy atom. The van der Waals surface area contributed by atoms with Gasteiger partial charge >= 0.3 is 0 Å². The van der Waals surface area contributed by atoms with Gasteiger partial charge in [0.1, 0.15) is 6.61 Å². The fourth-order valence-corrected chi connectivity index (χ4v) is 2.17. The molecular weight excluding hydrogens is 212 g/mol. The number of nitrogens with zero attached hydrogens (tertiary/aromatic N) is 2. The van der Waals surface area contributed by atoms with Crippen LogP contribution in [0.3, 0.4) is 0 Å². The predicted molar refractivity (Wildman–Crippen MR) is 63.1 cm³/mol. The molecule has 1 fully saturated rings. The number of thioether (sulfide) groups is 1. The summed E-state index contributed by atoms with van der Waals surface area (Å²) in [5.74, 6) is 1.06. The molecule has 1 amide bonds. The largest absolute Gasteiger partial charge is 0.387 e. The first-order valence-electron chi connectivity index (χ1n) is 5.38. The molecular formula is C10H20N2O2S. The van der Waals surface area contributed by atoms with Crippen LogP contribution in [0, 0.1) is 0 Å². The first-order chi connectivity index (χ1) is 7.27. The van der Waals surface area contributed by atoms with Crippen LogP contribution < -0.4 is 0 Å². The van der Waals surface area contributed by atoms with Crippen LogP contribution in [-0.2, 0) is 4.79 Å². The van der Waals surface area contributed by atoms with Crippen LogP contribution in [0.15, 0.2) is 0 Å². The number of hydrogen-bond donors (Lipinski definition) is 1. The highest BCUT2D eigenvalue weighted by atomic mass is 32.2. The molecule has 0 radical (unpaired) electrons. The van der Waals surface area contributed by atoms with E-state index >= 15 is 0 Å². The van der Waals surface area contributed by atoms with E-state index in [1.54, 1.807) is 4.90 Å². The Morgan fingerprint density at radius 2 is 2.00 bits per heavy atom. The molecule has 0 atom stereocenters. The Kier molecular flexibility index (Phi) is 6.05. The molecule has 0 bridgehead atoms. The van der Waals surface area contributed by atoms with E-state index in [0.717, 1.165) is 32.7 Å². The van der Waals surface area contributed by atoms with Gasteiger partial charge in [0.25, 0.3) is 0 Å². The van der Waals surface area contributed by atoms with E-state index in [1.165, 1.54) is 12.2 Å². The summed E-state index contributed by atoms with van der Waals surface area (Å²) in [4.78, 5) is 15.3. The first-order valence-corrected chi connectivity index (χ1v) is 6.77. The first kappa shape index (κ1) is 12.8. The number of rotatable bonds is 5. The highest BCUT2D eigenvalue weighted by molar-refractivity contribution is 7.98. The summed E-state index contributed by atoms with van der Waals surface area (Å²) >= 11 is 1.88. The number of carbonyl (C=O) groups is 1. The number of aliphatic hydroxyl groups excluding tert-OH is 1. The summed E-state index contributed by atoms with van der Waals surface area (Å²) in [5, 5.41) is 8.72. The Hall–Kier alpha value is -0.260. The predicted octanol–water partition coefficient (Wildman–Crippen LogP) is -0.124. The van der Waals surface area contributed by atoms with E-state index in [1.807, 2.05) is 11.8 Å². The van der Waals surface area contributed by atoms with Gasteiger partial charge in [0.2, 0.25) is 5.91 Å². The number of hydrogen-bond acceptors (Lipinski definition) is 4. The van der Waals surface area contributed by atoms with Gasteiger partial charge < -0.3 is 10.0 Å². The van der Waals surface area contributed by atoms with Gasteiger partial charge in [-0.1, -0.05) is 0 Å². The minimum absolute atomic E-state index is 0.140. The molecule has 4 nitrogen and oxygen atoms in total. The van der Waals surface area contributed by atoms with Gasteiger partial charge in [0.15, 0.2) is 0 Å². The topological polar surface area (TPSA) is 43.8 Å². The summed E-state index contributed by atoms with van der Waals surface area (Å²) in [6.07, 6.45) is 3.34. The van der Waals surface area contributed by atoms with Crippen molar-refractivity contribution >= 4 is 17.7 Å². The maximum Gasteiger partial charge on any atom is 0.248 e. The fraction of sp³-hybridized carbons (Fsp3) is 0.900. The van der Waals surface area contributed by atoms with Crippen molar-refractivity contribution in [2.45, 2.75) is 6.42 Å². The molecule has 1 aliphatic heterocycles. The molecule has 1 aliphatic rings. The lowest BCUT2D eigenvalue weighted by Gasteiger charge is -2.34. The standard InChI is InChI=1S/C10H20N2O2S/c1-15-8-2-3-11-4-6-12(7-5-11)10(14)9-13/h13H,2-9H2,1H3. The van der Waals surface area contributed by atoms with Crippen LogP contribution in [-0.4, -0.2) is 72.2 Å². The number of amides is 1. The van der Waals surface area contributed by atoms with Crippen molar-refractivity contribution in [1.29, 1.82) is 0 Å². The van der Waals surface area contributed by atoms with Crippen molar-refractivity contribution in [1.82, 2.24) is 9.80 Å². The molecule has 1 saturated heterocycles. The molecule has 1 heterocycles. The quantitative estimate of drug-likeness (QED) is 0.671. The number of aliphatic hydroxyl groups is 1. The molecule has 0 unspecified atom stereocenters. The average molecular weight is 232 g/mol. The molecule has 15 heavy (non-hydrogen) atoms. The zero-order chi connectivity index (χ0) is 11.1. The van der Waals surface area contributed by atoms with Gasteiger partial charge in [0, 0.05) is 26.2 Å². The molecule has 88 valence electrons. The SMILES string of the molecule is CSCCCN1CCN(C(=O)CO)CC1. The second kappa shape index (κ2) is 7.09. The molecule has 0 spiro atoms. The monoisotopic (exact) mass is 232 g/mol. The summed E-state index contributed by atoms with van der Waals surface area (Å²) in [6, 6.07) is 0. The van der Waals surface area contributed by atoms with Crippen LogP contribution in [0.1, 0.15) is 6.42 Å². The van der Waals surface area contributed by atoms with E-state index < -0.39 is 0 Å². The highest BCUT2D eigenvalue weighted by Gasteiger charge is 2.19. The lowest BCUT2D eigenvalue weighted by molar-refractivity contribution is -0.135. The second-order valence-corrected chi connectivity index (χ2v) is 4.71. The van der Waals surface area contributed by atoms with Crippen LogP contribution in [0.4, 0.5) is 0 Å². The highest BCUT2D eigenvalue weighted by Crippen LogP contribution is 2.04. The van der Waals surface area contributed by atoms with E-state index in [4.69, 9.17) is 5.11 Å². The van der Waals surface area contributed by atoms with E-state index in [9.17, 15) is 4.79 Å². The zero-order valence-corrected chi connectivity index (χ0v) is 10.1. The number of piperazine rings is 1. The smallest absolute Gasteiger partial charge is 0.248 e. The molecule has 0 aliphatic carbocycles. The molecule has 0 aromatic rings. The van der Waals surface area contributed by atoms with Crippen LogP contribution in [0.2, 0.25) is 0 Å². The van der Waals surface area contributed by atoms with E-state index in [-0.39, 0.29) is 12.5 Å². The van der Waals surface area contributed by atoms with Crippen LogP contribution in [0.5, 0.6) is 0 Å². The third-order valence-electron chi connectivity index (χ3n) is 2.68. The van der Waals surface area contributed by atoms with Crippen molar-refractivity contribution in [2.75, 3.05) is 51.3 Å². The third kappa shape index (κ3) is 4.40. The lowest BCUT2D eigenvalue weighted by Crippen LogP contribution is -2.49. The molecule has 5 heteroatoms. The van der Waals surface area contributed by atoms with Crippen LogP contribution >= 0.6 is 11.8 Å². The summed E-state index contributed by atoms with van der Waals surface area (Å²) in [6.45, 7) is 4.19. The van der Waals surface area contributed by atoms with Crippen molar-refractivity contribution in [3.05, 3.63) is 0 Å². The van der Waals surface area contributed by atoms with Crippen molar-refractivity contribution < 1.29 is 9.90 Å².